The summed E-state index contributed by atoms with van der Waals surface area (Å²) in [5.41, 5.74) is 5.20. The summed E-state index contributed by atoms with van der Waals surface area (Å²) in [6, 6.07) is 1.75. The summed E-state index contributed by atoms with van der Waals surface area (Å²) in [6.45, 7) is 0.329. The molecule has 0 aromatic heterocycles. The van der Waals surface area contributed by atoms with Gasteiger partial charge in [0.1, 0.15) is 6.10 Å². The molecule has 8 heteroatoms. The summed E-state index contributed by atoms with van der Waals surface area (Å²) < 4.78 is 37.2. The van der Waals surface area contributed by atoms with Gasteiger partial charge in [-0.25, -0.2) is 8.78 Å². The van der Waals surface area contributed by atoms with E-state index in [0.29, 0.717) is 19.4 Å². The van der Waals surface area contributed by atoms with Crippen LogP contribution >= 0.6 is 12.4 Å². The van der Waals surface area contributed by atoms with Gasteiger partial charge in [-0.15, -0.1) is 12.4 Å². The van der Waals surface area contributed by atoms with Crippen LogP contribution in [0.15, 0.2) is 12.1 Å². The molecule has 118 valence electrons. The van der Waals surface area contributed by atoms with Crippen molar-refractivity contribution in [2.24, 2.45) is 5.73 Å². The molecule has 1 saturated heterocycles. The molecule has 1 aromatic carbocycles. The molecule has 1 aromatic rings. The molecule has 1 aliphatic heterocycles. The number of nitrogens with one attached hydrogen (secondary N) is 1. The highest BCUT2D eigenvalue weighted by Crippen LogP contribution is 2.26. The van der Waals surface area contributed by atoms with Crippen molar-refractivity contribution < 1.29 is 23.0 Å². The fraction of sp³-hybridized carbons (Fsp3) is 0.462. The molecule has 2 atom stereocenters. The first-order valence-electron chi connectivity index (χ1n) is 6.24. The van der Waals surface area contributed by atoms with E-state index < -0.39 is 23.6 Å². The lowest BCUT2D eigenvalue weighted by atomic mass is 10.2. The van der Waals surface area contributed by atoms with E-state index in [2.05, 4.69) is 10.1 Å². The van der Waals surface area contributed by atoms with Crippen molar-refractivity contribution in [3.63, 3.8) is 0 Å². The second kappa shape index (κ2) is 7.53. The number of rotatable bonds is 4. The van der Waals surface area contributed by atoms with Crippen LogP contribution in [0.3, 0.4) is 0 Å². The molecule has 0 bridgehead atoms. The van der Waals surface area contributed by atoms with E-state index in [4.69, 9.17) is 10.5 Å². The van der Waals surface area contributed by atoms with Gasteiger partial charge in [0.05, 0.1) is 18.9 Å². The Hall–Kier alpha value is -1.44. The quantitative estimate of drug-likeness (QED) is 0.887. The number of nitrogens with two attached hydrogens (primary N) is 1. The highest BCUT2D eigenvalue weighted by molar-refractivity contribution is 5.94. The van der Waals surface area contributed by atoms with Gasteiger partial charge in [0.25, 0.3) is 5.91 Å². The topological polar surface area (TPSA) is 73.6 Å². The Morgan fingerprint density at radius 2 is 2.14 bits per heavy atom. The predicted molar refractivity (Wildman–Crippen MR) is 75.7 cm³/mol. The fourth-order valence-corrected chi connectivity index (χ4v) is 2.07. The maximum absolute atomic E-state index is 13.7. The number of anilines is 1. The Morgan fingerprint density at radius 1 is 1.43 bits per heavy atom. The van der Waals surface area contributed by atoms with Crippen molar-refractivity contribution in [2.45, 2.75) is 25.0 Å². The lowest BCUT2D eigenvalue weighted by molar-refractivity contribution is -0.126. The first-order valence-corrected chi connectivity index (χ1v) is 6.24. The largest absolute Gasteiger partial charge is 0.494 e. The number of hydrogen-bond donors (Lipinski definition) is 2. The van der Waals surface area contributed by atoms with Crippen molar-refractivity contribution in [3.8, 4) is 5.75 Å². The average molecular weight is 323 g/mol. The molecule has 1 heterocycles. The van der Waals surface area contributed by atoms with Gasteiger partial charge in [-0.3, -0.25) is 4.79 Å². The third-order valence-corrected chi connectivity index (χ3v) is 3.16. The van der Waals surface area contributed by atoms with Crippen LogP contribution in [0.1, 0.15) is 12.8 Å². The van der Waals surface area contributed by atoms with E-state index in [1.54, 1.807) is 0 Å². The van der Waals surface area contributed by atoms with Gasteiger partial charge >= 0.3 is 0 Å². The fourth-order valence-electron chi connectivity index (χ4n) is 2.07. The van der Waals surface area contributed by atoms with Crippen molar-refractivity contribution in [1.29, 1.82) is 0 Å². The normalized spacial score (nSPS) is 20.8. The molecule has 0 radical (unpaired) electrons. The van der Waals surface area contributed by atoms with Crippen LogP contribution in [0.5, 0.6) is 5.75 Å². The monoisotopic (exact) mass is 322 g/mol. The number of methoxy groups -OCH3 is 1. The van der Waals surface area contributed by atoms with E-state index >= 15 is 0 Å². The number of carbonyl (C=O) groups excluding carboxylic acids is 1. The zero-order valence-electron chi connectivity index (χ0n) is 11.4. The molecular formula is C13H17ClF2N2O3. The van der Waals surface area contributed by atoms with Crippen LogP contribution in [-0.2, 0) is 9.53 Å². The maximum atomic E-state index is 13.7. The molecule has 0 unspecified atom stereocenters. The minimum absolute atomic E-state index is 0. The van der Waals surface area contributed by atoms with Gasteiger partial charge in [-0.2, -0.15) is 0 Å². The SMILES string of the molecule is COc1cc(F)c(NC(=O)[C@@H]2CC[C@H](CN)O2)cc1F.Cl. The van der Waals surface area contributed by atoms with Crippen LogP contribution in [-0.4, -0.2) is 31.8 Å². The summed E-state index contributed by atoms with van der Waals surface area (Å²) >= 11 is 0. The molecule has 0 spiro atoms. The summed E-state index contributed by atoms with van der Waals surface area (Å²) in [4.78, 5) is 11.9. The summed E-state index contributed by atoms with van der Waals surface area (Å²) in [6.07, 6.45) is 0.332. The third kappa shape index (κ3) is 4.03. The lowest BCUT2D eigenvalue weighted by Gasteiger charge is -2.13. The van der Waals surface area contributed by atoms with Gasteiger partial charge in [-0.05, 0) is 12.8 Å². The van der Waals surface area contributed by atoms with Crippen LogP contribution in [0, 0.1) is 11.6 Å². The van der Waals surface area contributed by atoms with E-state index in [1.807, 2.05) is 0 Å². The molecular weight excluding hydrogens is 306 g/mol. The van der Waals surface area contributed by atoms with Crippen molar-refractivity contribution in [3.05, 3.63) is 23.8 Å². The first kappa shape index (κ1) is 17.6. The number of hydrogen-bond acceptors (Lipinski definition) is 4. The van der Waals surface area contributed by atoms with Gasteiger partial charge in [-0.1, -0.05) is 0 Å². The van der Waals surface area contributed by atoms with E-state index in [-0.39, 0.29) is 29.9 Å². The number of carbonyl (C=O) groups is 1. The van der Waals surface area contributed by atoms with Crippen molar-refractivity contribution in [1.82, 2.24) is 0 Å². The van der Waals surface area contributed by atoms with E-state index in [1.165, 1.54) is 7.11 Å². The van der Waals surface area contributed by atoms with Crippen LogP contribution in [0.25, 0.3) is 0 Å². The zero-order chi connectivity index (χ0) is 14.7. The highest BCUT2D eigenvalue weighted by atomic mass is 35.5. The van der Waals surface area contributed by atoms with Gasteiger partial charge in [0.15, 0.2) is 17.4 Å². The molecule has 3 N–H and O–H groups in total. The van der Waals surface area contributed by atoms with Gasteiger partial charge in [0, 0.05) is 18.7 Å². The summed E-state index contributed by atoms with van der Waals surface area (Å²) in [7, 11) is 1.23. The zero-order valence-corrected chi connectivity index (χ0v) is 12.2. The number of amides is 1. The predicted octanol–water partition coefficient (Wildman–Crippen LogP) is 1.84. The van der Waals surface area contributed by atoms with E-state index in [0.717, 1.165) is 12.1 Å². The Balaban J connectivity index is 0.00000220. The lowest BCUT2D eigenvalue weighted by Crippen LogP contribution is -2.30. The summed E-state index contributed by atoms with van der Waals surface area (Å²) in [5.74, 6) is -2.26. The average Bonchev–Trinajstić information content (AvgIpc) is 2.91. The molecule has 5 nitrogen and oxygen atoms in total. The third-order valence-electron chi connectivity index (χ3n) is 3.16. The number of halogens is 3. The van der Waals surface area contributed by atoms with Gasteiger partial charge in [0.2, 0.25) is 0 Å². The second-order valence-corrected chi connectivity index (χ2v) is 4.52. The standard InChI is InChI=1S/C13H16F2N2O3.ClH/c1-19-12-5-8(14)10(4-9(12)15)17-13(18)11-3-2-7(6-16)20-11;/h4-5,7,11H,2-3,6,16H2,1H3,(H,17,18);1H/t7-,11+;/m1./s1. The molecule has 0 aliphatic carbocycles. The molecule has 1 fully saturated rings. The molecule has 1 aliphatic rings. The van der Waals surface area contributed by atoms with Crippen LogP contribution in [0.2, 0.25) is 0 Å². The Kier molecular flexibility index (Phi) is 6.32. The van der Waals surface area contributed by atoms with Crippen LogP contribution < -0.4 is 15.8 Å². The Labute approximate surface area is 127 Å². The highest BCUT2D eigenvalue weighted by Gasteiger charge is 2.30. The number of benzene rings is 1. The van der Waals surface area contributed by atoms with Gasteiger partial charge < -0.3 is 20.5 Å². The van der Waals surface area contributed by atoms with Crippen LogP contribution in [0.4, 0.5) is 14.5 Å². The van der Waals surface area contributed by atoms with Crippen molar-refractivity contribution in [2.75, 3.05) is 19.0 Å². The molecule has 21 heavy (non-hydrogen) atoms. The second-order valence-electron chi connectivity index (χ2n) is 4.52. The minimum Gasteiger partial charge on any atom is -0.494 e. The maximum Gasteiger partial charge on any atom is 0.253 e. The summed E-state index contributed by atoms with van der Waals surface area (Å²) in [5, 5.41) is 2.31. The van der Waals surface area contributed by atoms with E-state index in [9.17, 15) is 13.6 Å². The van der Waals surface area contributed by atoms with Crippen molar-refractivity contribution >= 4 is 24.0 Å². The number of ether oxygens (including phenoxy) is 2. The Morgan fingerprint density at radius 3 is 2.71 bits per heavy atom. The first-order chi connectivity index (χ1) is 9.55. The smallest absolute Gasteiger partial charge is 0.253 e. The Bertz CT molecular complexity index is 516. The minimum atomic E-state index is -0.773. The molecule has 2 rings (SSSR count). The molecule has 1 amide bonds. The molecule has 0 saturated carbocycles.